The molecule has 0 N–H and O–H groups in total. The third-order valence-electron chi connectivity index (χ3n) is 2.01. The lowest BCUT2D eigenvalue weighted by atomic mass is 10.1. The van der Waals surface area contributed by atoms with Gasteiger partial charge in [0.25, 0.3) is 5.24 Å². The second-order valence-corrected chi connectivity index (χ2v) is 3.97. The first-order valence-electron chi connectivity index (χ1n) is 4.56. The van der Waals surface area contributed by atoms with E-state index in [2.05, 4.69) is 0 Å². The number of aryl methyl sites for hydroxylation is 2. The quantitative estimate of drug-likeness (QED) is 0.602. The second-order valence-electron chi connectivity index (χ2n) is 3.25. The van der Waals surface area contributed by atoms with Crippen molar-refractivity contribution >= 4 is 28.4 Å². The van der Waals surface area contributed by atoms with Crippen molar-refractivity contribution in [3.8, 4) is 5.75 Å². The summed E-state index contributed by atoms with van der Waals surface area (Å²) in [4.78, 5) is 11.0. The molecule has 1 rings (SSSR count). The van der Waals surface area contributed by atoms with Crippen LogP contribution in [0.5, 0.6) is 5.75 Å². The summed E-state index contributed by atoms with van der Waals surface area (Å²) in [6, 6.07) is 3.43. The molecule has 0 amide bonds. The van der Waals surface area contributed by atoms with Crippen molar-refractivity contribution in [2.45, 2.75) is 13.8 Å². The van der Waals surface area contributed by atoms with Gasteiger partial charge in [-0.1, -0.05) is 0 Å². The van der Waals surface area contributed by atoms with E-state index in [1.165, 1.54) is 0 Å². The fourth-order valence-electron chi connectivity index (χ4n) is 1.43. The molecule has 0 aliphatic rings. The van der Waals surface area contributed by atoms with Crippen LogP contribution in [0, 0.1) is 13.8 Å². The first kappa shape index (κ1) is 12.3. The van der Waals surface area contributed by atoms with Crippen LogP contribution in [0.4, 0.5) is 0 Å². The van der Waals surface area contributed by atoms with Crippen molar-refractivity contribution in [1.29, 1.82) is 0 Å². The zero-order valence-electron chi connectivity index (χ0n) is 8.64. The molecule has 0 atom stereocenters. The Morgan fingerprint density at radius 2 is 1.87 bits per heavy atom. The van der Waals surface area contributed by atoms with Gasteiger partial charge in [-0.15, -0.1) is 11.6 Å². The monoisotopic (exact) mass is 246 g/mol. The van der Waals surface area contributed by atoms with Crippen molar-refractivity contribution in [3.63, 3.8) is 0 Å². The van der Waals surface area contributed by atoms with Crippen LogP contribution in [-0.2, 0) is 0 Å². The van der Waals surface area contributed by atoms with E-state index in [9.17, 15) is 4.79 Å². The number of alkyl halides is 1. The summed E-state index contributed by atoms with van der Waals surface area (Å²) in [5, 5.41) is -0.454. The highest BCUT2D eigenvalue weighted by atomic mass is 35.5. The highest BCUT2D eigenvalue weighted by Gasteiger charge is 2.09. The number of carbonyl (C=O) groups is 1. The minimum atomic E-state index is -0.454. The molecule has 15 heavy (non-hydrogen) atoms. The zero-order chi connectivity index (χ0) is 11.4. The number of rotatable bonds is 4. The summed E-state index contributed by atoms with van der Waals surface area (Å²) in [5.41, 5.74) is 2.28. The summed E-state index contributed by atoms with van der Waals surface area (Å²) in [7, 11) is 0. The van der Waals surface area contributed by atoms with Gasteiger partial charge in [-0.2, -0.15) is 0 Å². The highest BCUT2D eigenvalue weighted by Crippen LogP contribution is 2.25. The molecule has 0 saturated heterocycles. The first-order valence-corrected chi connectivity index (χ1v) is 5.47. The predicted octanol–water partition coefficient (Wildman–Crippen LogP) is 3.30. The van der Waals surface area contributed by atoms with Gasteiger partial charge in [0.2, 0.25) is 0 Å². The molecular weight excluding hydrogens is 235 g/mol. The summed E-state index contributed by atoms with van der Waals surface area (Å²) in [6.07, 6.45) is 0. The second kappa shape index (κ2) is 5.38. The molecule has 0 bridgehead atoms. The maximum absolute atomic E-state index is 11.0. The molecule has 0 unspecified atom stereocenters. The van der Waals surface area contributed by atoms with Gasteiger partial charge in [0.05, 0.1) is 5.88 Å². The lowest BCUT2D eigenvalue weighted by Gasteiger charge is -2.11. The van der Waals surface area contributed by atoms with Crippen molar-refractivity contribution in [1.82, 2.24) is 0 Å². The van der Waals surface area contributed by atoms with Crippen LogP contribution in [0.3, 0.4) is 0 Å². The molecule has 1 aromatic carbocycles. The first-order chi connectivity index (χ1) is 7.06. The topological polar surface area (TPSA) is 26.3 Å². The van der Waals surface area contributed by atoms with Crippen LogP contribution in [0.2, 0.25) is 0 Å². The molecule has 0 saturated carbocycles. The van der Waals surface area contributed by atoms with E-state index in [1.807, 2.05) is 13.8 Å². The van der Waals surface area contributed by atoms with Gasteiger partial charge in [0, 0.05) is 5.56 Å². The van der Waals surface area contributed by atoms with E-state index in [1.54, 1.807) is 12.1 Å². The molecule has 0 aliphatic heterocycles. The van der Waals surface area contributed by atoms with E-state index < -0.39 is 5.24 Å². The summed E-state index contributed by atoms with van der Waals surface area (Å²) >= 11 is 10.9. The molecule has 0 radical (unpaired) electrons. The zero-order valence-corrected chi connectivity index (χ0v) is 10.2. The standard InChI is InChI=1S/C11H12Cl2O2/c1-7-5-9(11(13)14)6-8(2)10(7)15-4-3-12/h5-6H,3-4H2,1-2H3. The molecule has 0 aromatic heterocycles. The third kappa shape index (κ3) is 3.11. The Morgan fingerprint density at radius 1 is 1.33 bits per heavy atom. The number of ether oxygens (including phenoxy) is 1. The normalized spacial score (nSPS) is 10.1. The lowest BCUT2D eigenvalue weighted by molar-refractivity contribution is 0.108. The fraction of sp³-hybridized carbons (Fsp3) is 0.364. The van der Waals surface area contributed by atoms with E-state index >= 15 is 0 Å². The number of carbonyl (C=O) groups excluding carboxylic acids is 1. The van der Waals surface area contributed by atoms with Crippen LogP contribution in [-0.4, -0.2) is 17.7 Å². The Balaban J connectivity index is 3.04. The van der Waals surface area contributed by atoms with Crippen LogP contribution >= 0.6 is 23.2 Å². The smallest absolute Gasteiger partial charge is 0.252 e. The van der Waals surface area contributed by atoms with Gasteiger partial charge in [0.15, 0.2) is 0 Å². The van der Waals surface area contributed by atoms with E-state index in [4.69, 9.17) is 27.9 Å². The minimum absolute atomic E-state index is 0.440. The van der Waals surface area contributed by atoms with E-state index in [0.717, 1.165) is 16.9 Å². The van der Waals surface area contributed by atoms with Gasteiger partial charge >= 0.3 is 0 Å². The average molecular weight is 247 g/mol. The van der Waals surface area contributed by atoms with Crippen molar-refractivity contribution < 1.29 is 9.53 Å². The number of hydrogen-bond acceptors (Lipinski definition) is 2. The molecule has 0 fully saturated rings. The van der Waals surface area contributed by atoms with Crippen LogP contribution < -0.4 is 4.74 Å². The Hall–Kier alpha value is -0.730. The molecule has 2 nitrogen and oxygen atoms in total. The van der Waals surface area contributed by atoms with Crippen molar-refractivity contribution in [2.75, 3.05) is 12.5 Å². The SMILES string of the molecule is Cc1cc(C(=O)Cl)cc(C)c1OCCCl. The third-order valence-corrected chi connectivity index (χ3v) is 2.38. The Morgan fingerprint density at radius 3 is 2.27 bits per heavy atom. The molecular formula is C11H12Cl2O2. The minimum Gasteiger partial charge on any atom is -0.492 e. The number of hydrogen-bond donors (Lipinski definition) is 0. The van der Waals surface area contributed by atoms with E-state index in [0.29, 0.717) is 18.1 Å². The summed E-state index contributed by atoms with van der Waals surface area (Å²) < 4.78 is 5.47. The molecule has 4 heteroatoms. The maximum atomic E-state index is 11.0. The molecule has 0 spiro atoms. The van der Waals surface area contributed by atoms with Gasteiger partial charge in [0.1, 0.15) is 12.4 Å². The predicted molar refractivity (Wildman–Crippen MR) is 62.3 cm³/mol. The number of halogens is 2. The van der Waals surface area contributed by atoms with Crippen LogP contribution in [0.15, 0.2) is 12.1 Å². The van der Waals surface area contributed by atoms with Gasteiger partial charge < -0.3 is 4.74 Å². The fourth-order valence-corrected chi connectivity index (χ4v) is 1.62. The van der Waals surface area contributed by atoms with Gasteiger partial charge in [-0.3, -0.25) is 4.79 Å². The Labute approximate surface area is 99.1 Å². The van der Waals surface area contributed by atoms with Gasteiger partial charge in [-0.05, 0) is 48.7 Å². The lowest BCUT2D eigenvalue weighted by Crippen LogP contribution is -2.03. The Kier molecular flexibility index (Phi) is 4.43. The molecule has 0 heterocycles. The Bertz CT molecular complexity index is 352. The summed E-state index contributed by atoms with van der Waals surface area (Å²) in [6.45, 7) is 4.21. The number of benzene rings is 1. The van der Waals surface area contributed by atoms with Crippen LogP contribution in [0.1, 0.15) is 21.5 Å². The van der Waals surface area contributed by atoms with Gasteiger partial charge in [-0.25, -0.2) is 0 Å². The van der Waals surface area contributed by atoms with Crippen LogP contribution in [0.25, 0.3) is 0 Å². The van der Waals surface area contributed by atoms with E-state index in [-0.39, 0.29) is 0 Å². The summed E-state index contributed by atoms with van der Waals surface area (Å²) in [5.74, 6) is 1.21. The highest BCUT2D eigenvalue weighted by molar-refractivity contribution is 6.67. The van der Waals surface area contributed by atoms with Crippen molar-refractivity contribution in [3.05, 3.63) is 28.8 Å². The molecule has 1 aromatic rings. The van der Waals surface area contributed by atoms with Crippen molar-refractivity contribution in [2.24, 2.45) is 0 Å². The maximum Gasteiger partial charge on any atom is 0.252 e. The average Bonchev–Trinajstić information content (AvgIpc) is 2.16. The molecule has 82 valence electrons. The molecule has 0 aliphatic carbocycles. The largest absolute Gasteiger partial charge is 0.492 e.